The maximum atomic E-state index is 6.52. The summed E-state index contributed by atoms with van der Waals surface area (Å²) in [6.07, 6.45) is 0.948. The van der Waals surface area contributed by atoms with Crippen molar-refractivity contribution in [2.24, 2.45) is 0 Å². The van der Waals surface area contributed by atoms with Crippen LogP contribution in [0.25, 0.3) is 5.69 Å². The van der Waals surface area contributed by atoms with Gasteiger partial charge in [0.05, 0.1) is 12.8 Å². The molecule has 0 bridgehead atoms. The van der Waals surface area contributed by atoms with Crippen LogP contribution in [0.2, 0.25) is 10.0 Å². The highest BCUT2D eigenvalue weighted by molar-refractivity contribution is 7.99. The van der Waals surface area contributed by atoms with Crippen molar-refractivity contribution in [3.05, 3.63) is 87.9 Å². The standard InChI is InChI=1S/C25H25Cl2N5O2S/c1-33-23-14-19(22(27)15-24(23)34-17-18-8-10-20(26)11-9-18)16-28-12-5-13-35-25-29-30-31-32(25)21-6-3-2-4-7-21/h2-4,6-11,14-15,28H,5,12-13,16-17H2,1H3. The molecule has 0 unspecified atom stereocenters. The number of tetrazole rings is 1. The lowest BCUT2D eigenvalue weighted by Gasteiger charge is -2.14. The molecule has 4 rings (SSSR count). The minimum Gasteiger partial charge on any atom is -0.493 e. The van der Waals surface area contributed by atoms with Crippen LogP contribution in [0.1, 0.15) is 17.5 Å². The van der Waals surface area contributed by atoms with E-state index < -0.39 is 0 Å². The van der Waals surface area contributed by atoms with E-state index in [9.17, 15) is 0 Å². The summed E-state index contributed by atoms with van der Waals surface area (Å²) in [5.74, 6) is 2.13. The van der Waals surface area contributed by atoms with Gasteiger partial charge in [0, 0.05) is 28.4 Å². The number of halogens is 2. The number of hydrogen-bond donors (Lipinski definition) is 1. The Morgan fingerprint density at radius 1 is 1.00 bits per heavy atom. The third kappa shape index (κ3) is 7.11. The van der Waals surface area contributed by atoms with Crippen molar-refractivity contribution in [1.29, 1.82) is 0 Å². The quantitative estimate of drug-likeness (QED) is 0.183. The molecule has 0 radical (unpaired) electrons. The van der Waals surface area contributed by atoms with Gasteiger partial charge in [-0.25, -0.2) is 0 Å². The van der Waals surface area contributed by atoms with E-state index in [2.05, 4.69) is 20.8 Å². The van der Waals surface area contributed by atoms with Gasteiger partial charge in [0.1, 0.15) is 6.61 Å². The molecule has 7 nitrogen and oxygen atoms in total. The Balaban J connectivity index is 1.24. The van der Waals surface area contributed by atoms with E-state index in [1.165, 1.54) is 0 Å². The van der Waals surface area contributed by atoms with Crippen molar-refractivity contribution >= 4 is 35.0 Å². The molecular weight excluding hydrogens is 505 g/mol. The van der Waals surface area contributed by atoms with Gasteiger partial charge in [0.15, 0.2) is 11.5 Å². The third-order valence-electron chi connectivity index (χ3n) is 5.13. The van der Waals surface area contributed by atoms with Gasteiger partial charge >= 0.3 is 0 Å². The van der Waals surface area contributed by atoms with Crippen molar-refractivity contribution in [2.75, 3.05) is 19.4 Å². The predicted molar refractivity (Wildman–Crippen MR) is 140 cm³/mol. The number of thioether (sulfide) groups is 1. The Bertz CT molecular complexity index is 1220. The van der Waals surface area contributed by atoms with Gasteiger partial charge in [0.25, 0.3) is 0 Å². The molecule has 0 aliphatic rings. The molecule has 3 aromatic carbocycles. The molecule has 1 heterocycles. The second kappa shape index (κ2) is 12.8. The second-order valence-corrected chi connectivity index (χ2v) is 9.50. The number of aromatic nitrogens is 4. The van der Waals surface area contributed by atoms with Crippen LogP contribution in [0, 0.1) is 0 Å². The number of nitrogens with zero attached hydrogens (tertiary/aromatic N) is 4. The average molecular weight is 530 g/mol. The lowest BCUT2D eigenvalue weighted by atomic mass is 10.2. The van der Waals surface area contributed by atoms with Gasteiger partial charge < -0.3 is 14.8 Å². The first-order valence-electron chi connectivity index (χ1n) is 11.0. The maximum Gasteiger partial charge on any atom is 0.214 e. The molecule has 0 spiro atoms. The number of rotatable bonds is 12. The van der Waals surface area contributed by atoms with Crippen molar-refractivity contribution < 1.29 is 9.47 Å². The van der Waals surface area contributed by atoms with E-state index in [1.807, 2.05) is 60.7 Å². The highest BCUT2D eigenvalue weighted by Gasteiger charge is 2.12. The van der Waals surface area contributed by atoms with Crippen LogP contribution in [0.3, 0.4) is 0 Å². The molecule has 182 valence electrons. The van der Waals surface area contributed by atoms with Gasteiger partial charge in [-0.1, -0.05) is 65.3 Å². The van der Waals surface area contributed by atoms with Gasteiger partial charge in [-0.3, -0.25) is 0 Å². The first kappa shape index (κ1) is 25.3. The summed E-state index contributed by atoms with van der Waals surface area (Å²) in [5.41, 5.74) is 2.90. The highest BCUT2D eigenvalue weighted by atomic mass is 35.5. The van der Waals surface area contributed by atoms with Crippen LogP contribution in [0.15, 0.2) is 71.9 Å². The Labute approximate surface area is 218 Å². The topological polar surface area (TPSA) is 74.1 Å². The molecule has 0 aliphatic carbocycles. The zero-order valence-corrected chi connectivity index (χ0v) is 21.5. The molecule has 1 N–H and O–H groups in total. The number of nitrogens with one attached hydrogen (secondary N) is 1. The lowest BCUT2D eigenvalue weighted by molar-refractivity contribution is 0.284. The fraction of sp³-hybridized carbons (Fsp3) is 0.240. The van der Waals surface area contributed by atoms with Crippen LogP contribution in [0.4, 0.5) is 0 Å². The van der Waals surface area contributed by atoms with Gasteiger partial charge in [-0.15, -0.1) is 5.10 Å². The first-order chi connectivity index (χ1) is 17.1. The second-order valence-electron chi connectivity index (χ2n) is 7.60. The number of para-hydroxylation sites is 1. The zero-order chi connectivity index (χ0) is 24.5. The normalized spacial score (nSPS) is 10.9. The van der Waals surface area contributed by atoms with Crippen molar-refractivity contribution in [1.82, 2.24) is 25.5 Å². The van der Waals surface area contributed by atoms with Crippen LogP contribution in [-0.2, 0) is 13.2 Å². The van der Waals surface area contributed by atoms with E-state index in [0.29, 0.717) is 34.7 Å². The molecule has 0 aliphatic heterocycles. The monoisotopic (exact) mass is 529 g/mol. The molecule has 0 saturated carbocycles. The smallest absolute Gasteiger partial charge is 0.214 e. The van der Waals surface area contributed by atoms with Crippen molar-refractivity contribution in [3.8, 4) is 17.2 Å². The number of benzene rings is 3. The van der Waals surface area contributed by atoms with Crippen molar-refractivity contribution in [3.63, 3.8) is 0 Å². The Morgan fingerprint density at radius 2 is 1.80 bits per heavy atom. The molecule has 1 aromatic heterocycles. The number of ether oxygens (including phenoxy) is 2. The maximum absolute atomic E-state index is 6.52. The summed E-state index contributed by atoms with van der Waals surface area (Å²) in [4.78, 5) is 0. The first-order valence-corrected chi connectivity index (χ1v) is 12.8. The molecule has 0 amide bonds. The summed E-state index contributed by atoms with van der Waals surface area (Å²) in [5, 5.41) is 17.6. The van der Waals surface area contributed by atoms with Crippen molar-refractivity contribution in [2.45, 2.75) is 24.7 Å². The summed E-state index contributed by atoms with van der Waals surface area (Å²) < 4.78 is 13.2. The summed E-state index contributed by atoms with van der Waals surface area (Å²) >= 11 is 14.1. The minimum atomic E-state index is 0.396. The van der Waals surface area contributed by atoms with E-state index in [1.54, 1.807) is 29.6 Å². The molecule has 10 heteroatoms. The van der Waals surface area contributed by atoms with E-state index in [0.717, 1.165) is 40.7 Å². The molecule has 35 heavy (non-hydrogen) atoms. The summed E-state index contributed by atoms with van der Waals surface area (Å²) in [6, 6.07) is 21.1. The largest absolute Gasteiger partial charge is 0.493 e. The molecule has 0 saturated heterocycles. The van der Waals surface area contributed by atoms with E-state index in [-0.39, 0.29) is 0 Å². The average Bonchev–Trinajstić information content (AvgIpc) is 3.35. The fourth-order valence-corrected chi connectivity index (χ4v) is 4.49. The molecule has 0 atom stereocenters. The number of hydrogen-bond acceptors (Lipinski definition) is 7. The Hall–Kier alpha value is -2.78. The van der Waals surface area contributed by atoms with Crippen LogP contribution < -0.4 is 14.8 Å². The van der Waals surface area contributed by atoms with Crippen LogP contribution in [0.5, 0.6) is 11.5 Å². The Morgan fingerprint density at radius 3 is 2.57 bits per heavy atom. The van der Waals surface area contributed by atoms with E-state index in [4.69, 9.17) is 32.7 Å². The lowest BCUT2D eigenvalue weighted by Crippen LogP contribution is -2.16. The van der Waals surface area contributed by atoms with Gasteiger partial charge in [0.2, 0.25) is 5.16 Å². The van der Waals surface area contributed by atoms with Gasteiger partial charge in [-0.05, 0) is 64.9 Å². The Kier molecular flexibility index (Phi) is 9.25. The third-order valence-corrected chi connectivity index (χ3v) is 6.74. The SMILES string of the molecule is COc1cc(CNCCCSc2nnnn2-c2ccccc2)c(Cl)cc1OCc1ccc(Cl)cc1. The summed E-state index contributed by atoms with van der Waals surface area (Å²) in [6.45, 7) is 1.85. The molecule has 4 aromatic rings. The minimum absolute atomic E-state index is 0.396. The van der Waals surface area contributed by atoms with Crippen LogP contribution in [-0.4, -0.2) is 39.6 Å². The molecular formula is C25H25Cl2N5O2S. The number of methoxy groups -OCH3 is 1. The van der Waals surface area contributed by atoms with Gasteiger partial charge in [-0.2, -0.15) is 4.68 Å². The fourth-order valence-electron chi connectivity index (χ4n) is 3.31. The zero-order valence-electron chi connectivity index (χ0n) is 19.2. The molecule has 0 fully saturated rings. The predicted octanol–water partition coefficient (Wildman–Crippen LogP) is 5.83. The van der Waals surface area contributed by atoms with E-state index >= 15 is 0 Å². The highest BCUT2D eigenvalue weighted by Crippen LogP contribution is 2.34. The summed E-state index contributed by atoms with van der Waals surface area (Å²) in [7, 11) is 1.62. The van der Waals surface area contributed by atoms with Crippen LogP contribution >= 0.6 is 35.0 Å².